The van der Waals surface area contributed by atoms with Crippen LogP contribution in [0.25, 0.3) is 0 Å². The minimum absolute atomic E-state index is 0.257. The van der Waals surface area contributed by atoms with Crippen LogP contribution in [0, 0.1) is 5.82 Å². The number of ether oxygens (including phenoxy) is 1. The molecule has 112 valence electrons. The van der Waals surface area contributed by atoms with Crippen LogP contribution >= 0.6 is 11.6 Å². The normalized spacial score (nSPS) is 17.6. The summed E-state index contributed by atoms with van der Waals surface area (Å²) in [4.78, 5) is 0. The van der Waals surface area contributed by atoms with Crippen LogP contribution in [0.1, 0.15) is 17.7 Å². The maximum atomic E-state index is 12.9. The standard InChI is InChI=1S/C15H16ClFN2O2/c16-13-7-11(17)2-4-15(13)21-6-5-19-14-8-12(20)3-1-10(14)9-18-19/h2,4,7,9,12,20H,1,3,5-6,8H2. The van der Waals surface area contributed by atoms with Gasteiger partial charge in [0.05, 0.1) is 23.9 Å². The van der Waals surface area contributed by atoms with E-state index in [0.29, 0.717) is 25.3 Å². The van der Waals surface area contributed by atoms with Crippen molar-refractivity contribution in [3.8, 4) is 5.75 Å². The van der Waals surface area contributed by atoms with Gasteiger partial charge in [0.15, 0.2) is 0 Å². The molecular weight excluding hydrogens is 295 g/mol. The van der Waals surface area contributed by atoms with E-state index in [0.717, 1.165) is 18.5 Å². The minimum atomic E-state index is -0.387. The van der Waals surface area contributed by atoms with E-state index in [-0.39, 0.29) is 16.9 Å². The molecule has 0 fully saturated rings. The summed E-state index contributed by atoms with van der Waals surface area (Å²) in [5, 5.41) is 14.3. The first kappa shape index (κ1) is 14.4. The molecule has 0 aliphatic heterocycles. The first-order chi connectivity index (χ1) is 10.1. The molecular formula is C15H16ClFN2O2. The third-order valence-electron chi connectivity index (χ3n) is 3.67. The van der Waals surface area contributed by atoms with E-state index >= 15 is 0 Å². The molecule has 1 aromatic heterocycles. The Bertz CT molecular complexity index is 645. The van der Waals surface area contributed by atoms with E-state index in [2.05, 4.69) is 5.10 Å². The molecule has 6 heteroatoms. The first-order valence-electron chi connectivity index (χ1n) is 6.93. The van der Waals surface area contributed by atoms with Crippen molar-refractivity contribution in [3.63, 3.8) is 0 Å². The van der Waals surface area contributed by atoms with Gasteiger partial charge in [0.2, 0.25) is 0 Å². The Morgan fingerprint density at radius 2 is 2.33 bits per heavy atom. The largest absolute Gasteiger partial charge is 0.490 e. The average molecular weight is 311 g/mol. The molecule has 21 heavy (non-hydrogen) atoms. The van der Waals surface area contributed by atoms with Gasteiger partial charge in [-0.05, 0) is 36.6 Å². The molecule has 0 radical (unpaired) electrons. The molecule has 1 aromatic carbocycles. The minimum Gasteiger partial charge on any atom is -0.490 e. The van der Waals surface area contributed by atoms with E-state index in [4.69, 9.17) is 16.3 Å². The molecule has 2 aromatic rings. The average Bonchev–Trinajstić information content (AvgIpc) is 2.84. The predicted molar refractivity (Wildman–Crippen MR) is 77.2 cm³/mol. The fraction of sp³-hybridized carbons (Fsp3) is 0.400. The van der Waals surface area contributed by atoms with Crippen LogP contribution in [0.3, 0.4) is 0 Å². The topological polar surface area (TPSA) is 47.3 Å². The Labute approximate surface area is 127 Å². The van der Waals surface area contributed by atoms with E-state index in [1.54, 1.807) is 0 Å². The highest BCUT2D eigenvalue weighted by Gasteiger charge is 2.20. The Kier molecular flexibility index (Phi) is 4.12. The number of aryl methyl sites for hydroxylation is 1. The van der Waals surface area contributed by atoms with Gasteiger partial charge in [0.1, 0.15) is 18.2 Å². The third kappa shape index (κ3) is 3.19. The lowest BCUT2D eigenvalue weighted by Crippen LogP contribution is -2.22. The molecule has 4 nitrogen and oxygen atoms in total. The Morgan fingerprint density at radius 1 is 1.48 bits per heavy atom. The lowest BCUT2D eigenvalue weighted by molar-refractivity contribution is 0.154. The molecule has 0 saturated carbocycles. The third-order valence-corrected chi connectivity index (χ3v) is 3.96. The van der Waals surface area contributed by atoms with E-state index in [1.807, 2.05) is 10.9 Å². The van der Waals surface area contributed by atoms with Crippen LogP contribution in [0.5, 0.6) is 5.75 Å². The van der Waals surface area contributed by atoms with Crippen LogP contribution in [-0.4, -0.2) is 27.6 Å². The Morgan fingerprint density at radius 3 is 3.14 bits per heavy atom. The van der Waals surface area contributed by atoms with Crippen molar-refractivity contribution in [2.75, 3.05) is 6.61 Å². The van der Waals surface area contributed by atoms with Gasteiger partial charge in [-0.3, -0.25) is 4.68 Å². The van der Waals surface area contributed by atoms with E-state index in [1.165, 1.54) is 23.8 Å². The number of hydrogen-bond donors (Lipinski definition) is 1. The van der Waals surface area contributed by atoms with Crippen molar-refractivity contribution in [2.45, 2.75) is 31.9 Å². The zero-order valence-corrected chi connectivity index (χ0v) is 12.2. The molecule has 1 aliphatic rings. The van der Waals surface area contributed by atoms with Crippen molar-refractivity contribution in [2.24, 2.45) is 0 Å². The zero-order chi connectivity index (χ0) is 14.8. The fourth-order valence-electron chi connectivity index (χ4n) is 2.57. The maximum absolute atomic E-state index is 12.9. The second kappa shape index (κ2) is 6.03. The highest BCUT2D eigenvalue weighted by molar-refractivity contribution is 6.32. The van der Waals surface area contributed by atoms with E-state index < -0.39 is 0 Å². The molecule has 1 aliphatic carbocycles. The Balaban J connectivity index is 1.62. The SMILES string of the molecule is OC1CCc2cnn(CCOc3ccc(F)cc3Cl)c2C1. The summed E-state index contributed by atoms with van der Waals surface area (Å²) in [6, 6.07) is 4.05. The second-order valence-corrected chi connectivity index (χ2v) is 5.57. The van der Waals surface area contributed by atoms with Gasteiger partial charge in [-0.1, -0.05) is 11.6 Å². The van der Waals surface area contributed by atoms with Crippen molar-refractivity contribution in [1.29, 1.82) is 0 Å². The summed E-state index contributed by atoms with van der Waals surface area (Å²) in [6.45, 7) is 0.950. The monoisotopic (exact) mass is 310 g/mol. The first-order valence-corrected chi connectivity index (χ1v) is 7.31. The van der Waals surface area contributed by atoms with Gasteiger partial charge < -0.3 is 9.84 Å². The van der Waals surface area contributed by atoms with Gasteiger partial charge in [-0.2, -0.15) is 5.10 Å². The predicted octanol–water partition coefficient (Wildman–Crippen LogP) is 2.60. The number of halogens is 2. The Hall–Kier alpha value is -1.59. The molecule has 1 unspecified atom stereocenters. The molecule has 0 spiro atoms. The summed E-state index contributed by atoms with van der Waals surface area (Å²) in [5.41, 5.74) is 2.27. The number of fused-ring (bicyclic) bond motifs is 1. The number of hydrogen-bond acceptors (Lipinski definition) is 3. The number of aliphatic hydroxyl groups excluding tert-OH is 1. The number of nitrogens with zero attached hydrogens (tertiary/aromatic N) is 2. The summed E-state index contributed by atoms with van der Waals surface area (Å²) < 4.78 is 20.4. The molecule has 0 bridgehead atoms. The van der Waals surface area contributed by atoms with Crippen molar-refractivity contribution >= 4 is 11.6 Å². The molecule has 1 heterocycles. The highest BCUT2D eigenvalue weighted by Crippen LogP contribution is 2.25. The lowest BCUT2D eigenvalue weighted by Gasteiger charge is -2.19. The lowest BCUT2D eigenvalue weighted by atomic mass is 9.96. The fourth-order valence-corrected chi connectivity index (χ4v) is 2.79. The second-order valence-electron chi connectivity index (χ2n) is 5.16. The van der Waals surface area contributed by atoms with Crippen LogP contribution in [0.15, 0.2) is 24.4 Å². The number of rotatable bonds is 4. The van der Waals surface area contributed by atoms with Gasteiger partial charge in [-0.15, -0.1) is 0 Å². The van der Waals surface area contributed by atoms with Gasteiger partial charge in [-0.25, -0.2) is 4.39 Å². The molecule has 1 N–H and O–H groups in total. The number of aliphatic hydroxyl groups is 1. The summed E-state index contributed by atoms with van der Waals surface area (Å²) in [5.74, 6) is 0.0709. The number of benzene rings is 1. The van der Waals surface area contributed by atoms with Crippen LogP contribution in [-0.2, 0) is 19.4 Å². The quantitative estimate of drug-likeness (QED) is 0.944. The van der Waals surface area contributed by atoms with E-state index in [9.17, 15) is 9.50 Å². The van der Waals surface area contributed by atoms with Gasteiger partial charge >= 0.3 is 0 Å². The molecule has 3 rings (SSSR count). The zero-order valence-electron chi connectivity index (χ0n) is 11.4. The van der Waals surface area contributed by atoms with Crippen molar-refractivity contribution in [3.05, 3.63) is 46.5 Å². The van der Waals surface area contributed by atoms with Gasteiger partial charge in [0.25, 0.3) is 0 Å². The molecule has 1 atom stereocenters. The molecule has 0 saturated heterocycles. The maximum Gasteiger partial charge on any atom is 0.138 e. The van der Waals surface area contributed by atoms with Crippen LogP contribution in [0.4, 0.5) is 4.39 Å². The smallest absolute Gasteiger partial charge is 0.138 e. The molecule has 0 amide bonds. The van der Waals surface area contributed by atoms with Crippen molar-refractivity contribution < 1.29 is 14.2 Å². The van der Waals surface area contributed by atoms with Crippen LogP contribution < -0.4 is 4.74 Å². The van der Waals surface area contributed by atoms with Crippen molar-refractivity contribution in [1.82, 2.24) is 9.78 Å². The number of aromatic nitrogens is 2. The highest BCUT2D eigenvalue weighted by atomic mass is 35.5. The summed E-state index contributed by atoms with van der Waals surface area (Å²) in [6.07, 6.45) is 3.85. The summed E-state index contributed by atoms with van der Waals surface area (Å²) >= 11 is 5.90. The summed E-state index contributed by atoms with van der Waals surface area (Å²) in [7, 11) is 0. The van der Waals surface area contributed by atoms with Gasteiger partial charge in [0, 0.05) is 12.1 Å². The van der Waals surface area contributed by atoms with Crippen LogP contribution in [0.2, 0.25) is 5.02 Å².